The molecule has 1 atom stereocenters. The van der Waals surface area contributed by atoms with Crippen molar-refractivity contribution in [3.63, 3.8) is 0 Å². The number of hydrogen-bond donors (Lipinski definition) is 2. The smallest absolute Gasteiger partial charge is 0.255 e. The van der Waals surface area contributed by atoms with Crippen molar-refractivity contribution in [2.45, 2.75) is 17.1 Å². The number of hydrogen-bond acceptors (Lipinski definition) is 4. The first kappa shape index (κ1) is 21.9. The fourth-order valence-corrected chi connectivity index (χ4v) is 4.17. The van der Waals surface area contributed by atoms with Gasteiger partial charge in [-0.1, -0.05) is 34.1 Å². The summed E-state index contributed by atoms with van der Waals surface area (Å²) in [7, 11) is 1.55. The highest BCUT2D eigenvalue weighted by Gasteiger charge is 2.15. The van der Waals surface area contributed by atoms with Crippen molar-refractivity contribution in [2.24, 2.45) is 0 Å². The van der Waals surface area contributed by atoms with E-state index in [1.54, 1.807) is 43.5 Å². The first-order valence-electron chi connectivity index (χ1n) is 9.24. The second-order valence-electron chi connectivity index (χ2n) is 6.44. The Balaban J connectivity index is 1.59. The van der Waals surface area contributed by atoms with Gasteiger partial charge in [-0.25, -0.2) is 0 Å². The summed E-state index contributed by atoms with van der Waals surface area (Å²) in [5, 5.41) is 5.45. The van der Waals surface area contributed by atoms with Gasteiger partial charge in [0.2, 0.25) is 5.91 Å². The average Bonchev–Trinajstić information content (AvgIpc) is 2.74. The second-order valence-corrected chi connectivity index (χ2v) is 8.77. The summed E-state index contributed by atoms with van der Waals surface area (Å²) in [6.07, 6.45) is 0. The molecule has 2 amide bonds. The summed E-state index contributed by atoms with van der Waals surface area (Å²) >= 11 is 4.92. The molecule has 0 aromatic heterocycles. The molecule has 0 fully saturated rings. The fourth-order valence-electron chi connectivity index (χ4n) is 2.69. The van der Waals surface area contributed by atoms with Crippen molar-refractivity contribution in [1.82, 2.24) is 0 Å². The van der Waals surface area contributed by atoms with E-state index in [1.165, 1.54) is 11.8 Å². The first-order valence-corrected chi connectivity index (χ1v) is 10.9. The van der Waals surface area contributed by atoms with Crippen LogP contribution in [0.1, 0.15) is 17.3 Å². The van der Waals surface area contributed by atoms with Crippen LogP contribution in [0.3, 0.4) is 0 Å². The molecular formula is C23H21BrN2O3S. The van der Waals surface area contributed by atoms with Crippen molar-refractivity contribution >= 4 is 50.9 Å². The molecule has 0 spiro atoms. The Morgan fingerprint density at radius 3 is 2.40 bits per heavy atom. The summed E-state index contributed by atoms with van der Waals surface area (Å²) in [5.74, 6) is 0.230. The molecule has 3 aromatic carbocycles. The highest BCUT2D eigenvalue weighted by atomic mass is 79.9. The molecule has 0 saturated heterocycles. The molecule has 5 nitrogen and oxygen atoms in total. The van der Waals surface area contributed by atoms with Gasteiger partial charge in [-0.2, -0.15) is 0 Å². The first-order chi connectivity index (χ1) is 14.5. The van der Waals surface area contributed by atoms with E-state index in [-0.39, 0.29) is 17.1 Å². The van der Waals surface area contributed by atoms with Crippen LogP contribution in [0, 0.1) is 0 Å². The molecule has 154 valence electrons. The van der Waals surface area contributed by atoms with Crippen LogP contribution in [0.25, 0.3) is 0 Å². The number of halogens is 1. The molecule has 0 aliphatic heterocycles. The summed E-state index contributed by atoms with van der Waals surface area (Å²) in [6, 6.07) is 21.8. The lowest BCUT2D eigenvalue weighted by molar-refractivity contribution is -0.115. The van der Waals surface area contributed by atoms with Crippen molar-refractivity contribution in [1.29, 1.82) is 0 Å². The van der Waals surface area contributed by atoms with Gasteiger partial charge >= 0.3 is 0 Å². The molecule has 0 heterocycles. The largest absolute Gasteiger partial charge is 0.495 e. The van der Waals surface area contributed by atoms with Gasteiger partial charge in [0.15, 0.2) is 0 Å². The minimum absolute atomic E-state index is 0.105. The fraction of sp³-hybridized carbons (Fsp3) is 0.130. The topological polar surface area (TPSA) is 67.4 Å². The monoisotopic (exact) mass is 484 g/mol. The van der Waals surface area contributed by atoms with Crippen molar-refractivity contribution in [3.05, 3.63) is 82.8 Å². The Kier molecular flexibility index (Phi) is 7.54. The molecule has 30 heavy (non-hydrogen) atoms. The van der Waals surface area contributed by atoms with Crippen LogP contribution in [-0.4, -0.2) is 24.2 Å². The summed E-state index contributed by atoms with van der Waals surface area (Å²) in [6.45, 7) is 1.86. The predicted octanol–water partition coefficient (Wildman–Crippen LogP) is 5.83. The predicted molar refractivity (Wildman–Crippen MR) is 125 cm³/mol. The molecule has 0 radical (unpaired) electrons. The van der Waals surface area contributed by atoms with E-state index >= 15 is 0 Å². The second kappa shape index (κ2) is 10.3. The normalized spacial score (nSPS) is 11.4. The molecule has 0 saturated carbocycles. The Morgan fingerprint density at radius 2 is 1.70 bits per heavy atom. The highest BCUT2D eigenvalue weighted by molar-refractivity contribution is 9.10. The molecule has 0 bridgehead atoms. The third-order valence-corrected chi connectivity index (χ3v) is 5.83. The number of thioether (sulfide) groups is 1. The van der Waals surface area contributed by atoms with E-state index in [0.717, 1.165) is 9.37 Å². The number of anilines is 2. The highest BCUT2D eigenvalue weighted by Crippen LogP contribution is 2.27. The molecule has 7 heteroatoms. The number of nitrogens with one attached hydrogen (secondary N) is 2. The van der Waals surface area contributed by atoms with E-state index in [4.69, 9.17) is 4.74 Å². The van der Waals surface area contributed by atoms with E-state index in [2.05, 4.69) is 26.6 Å². The molecule has 3 aromatic rings. The van der Waals surface area contributed by atoms with Crippen molar-refractivity contribution in [2.75, 3.05) is 17.7 Å². The van der Waals surface area contributed by atoms with E-state index in [0.29, 0.717) is 22.7 Å². The van der Waals surface area contributed by atoms with E-state index in [9.17, 15) is 9.59 Å². The molecule has 3 rings (SSSR count). The number of carbonyl (C=O) groups is 2. The Morgan fingerprint density at radius 1 is 0.967 bits per heavy atom. The maximum absolute atomic E-state index is 12.5. The number of rotatable bonds is 7. The van der Waals surface area contributed by atoms with Gasteiger partial charge in [-0.3, -0.25) is 9.59 Å². The minimum atomic E-state index is -0.271. The number of amides is 2. The van der Waals surface area contributed by atoms with Gasteiger partial charge in [0, 0.05) is 20.6 Å². The summed E-state index contributed by atoms with van der Waals surface area (Å²) in [4.78, 5) is 26.0. The van der Waals surface area contributed by atoms with Gasteiger partial charge in [-0.05, 0) is 61.5 Å². The number of benzene rings is 3. The summed E-state index contributed by atoms with van der Waals surface area (Å²) < 4.78 is 6.22. The molecule has 0 aliphatic carbocycles. The van der Waals surface area contributed by atoms with Gasteiger partial charge in [0.25, 0.3) is 5.91 Å². The van der Waals surface area contributed by atoms with Crippen LogP contribution < -0.4 is 15.4 Å². The van der Waals surface area contributed by atoms with Gasteiger partial charge < -0.3 is 15.4 Å². The van der Waals surface area contributed by atoms with Gasteiger partial charge in [-0.15, -0.1) is 11.8 Å². The number of para-hydroxylation sites is 2. The average molecular weight is 485 g/mol. The van der Waals surface area contributed by atoms with Gasteiger partial charge in [0.1, 0.15) is 5.75 Å². The van der Waals surface area contributed by atoms with Crippen LogP contribution in [0.4, 0.5) is 11.4 Å². The number of methoxy groups -OCH3 is 1. The Bertz CT molecular complexity index is 1040. The molecule has 1 unspecified atom stereocenters. The van der Waals surface area contributed by atoms with Crippen LogP contribution in [0.5, 0.6) is 5.75 Å². The van der Waals surface area contributed by atoms with Gasteiger partial charge in [0.05, 0.1) is 18.0 Å². The zero-order chi connectivity index (χ0) is 21.5. The lowest BCUT2D eigenvalue weighted by atomic mass is 10.2. The minimum Gasteiger partial charge on any atom is -0.495 e. The third-order valence-electron chi connectivity index (χ3n) is 4.25. The molecule has 0 aliphatic rings. The van der Waals surface area contributed by atoms with Crippen molar-refractivity contribution < 1.29 is 14.3 Å². The van der Waals surface area contributed by atoms with Crippen LogP contribution in [0.15, 0.2) is 82.2 Å². The summed E-state index contributed by atoms with van der Waals surface area (Å²) in [5.41, 5.74) is 1.71. The Labute approximate surface area is 188 Å². The Hall–Kier alpha value is -2.77. The van der Waals surface area contributed by atoms with E-state index < -0.39 is 0 Å². The quantitative estimate of drug-likeness (QED) is 0.414. The SMILES string of the molecule is COc1ccccc1NC(=O)c1ccc(NC(=O)C(C)Sc2cccc(Br)c2)cc1. The van der Waals surface area contributed by atoms with Crippen LogP contribution in [-0.2, 0) is 4.79 Å². The molecule has 2 N–H and O–H groups in total. The molecular weight excluding hydrogens is 464 g/mol. The van der Waals surface area contributed by atoms with E-state index in [1.807, 2.05) is 43.3 Å². The lowest BCUT2D eigenvalue weighted by Crippen LogP contribution is -2.22. The maximum atomic E-state index is 12.5. The zero-order valence-electron chi connectivity index (χ0n) is 16.5. The van der Waals surface area contributed by atoms with Crippen molar-refractivity contribution in [3.8, 4) is 5.75 Å². The van der Waals surface area contributed by atoms with Crippen LogP contribution in [0.2, 0.25) is 0 Å². The maximum Gasteiger partial charge on any atom is 0.255 e. The zero-order valence-corrected chi connectivity index (χ0v) is 18.9. The lowest BCUT2D eigenvalue weighted by Gasteiger charge is -2.13. The number of ether oxygens (including phenoxy) is 1. The number of carbonyl (C=O) groups excluding carboxylic acids is 2. The third kappa shape index (κ3) is 5.87. The standard InChI is InChI=1S/C23H21BrN2O3S/c1-15(30-19-7-5-6-17(24)14-19)22(27)25-18-12-10-16(11-13-18)23(28)26-20-8-3-4-9-21(20)29-2/h3-15H,1-2H3,(H,25,27)(H,26,28). The van der Waals surface area contributed by atoms with Crippen LogP contribution >= 0.6 is 27.7 Å².